The molecular formula is C29H27ClF3N7O2. The standard InChI is InChI=1S/C29H27ClF3N7O2/c1-17(15-41)13-39-10-2-3-21(14-39)40-27-24(26(34)36-16-37-27)25(38-40)19-6-4-18(5-7-19)12-35-28(42)22-11-20(29(31,32)33)8-9-23(22)30/h4-9,11,15-16,21H,1-3,10,12-14H2,(H,35,42)(H2,34,36,37). The van der Waals surface area contributed by atoms with E-state index in [1.165, 1.54) is 6.33 Å². The normalized spacial score (nSPS) is 16.0. The molecule has 5 rings (SSSR count). The number of nitrogen functional groups attached to an aromatic ring is 1. The summed E-state index contributed by atoms with van der Waals surface area (Å²) < 4.78 is 41.1. The number of nitrogens with two attached hydrogens (primary N) is 1. The summed E-state index contributed by atoms with van der Waals surface area (Å²) in [4.78, 5) is 34.5. The molecule has 218 valence electrons. The number of likely N-dealkylation sites (tertiary alicyclic amines) is 1. The van der Waals surface area contributed by atoms with Crippen molar-refractivity contribution >= 4 is 40.6 Å². The number of piperidine rings is 1. The van der Waals surface area contributed by atoms with Crippen molar-refractivity contribution in [2.75, 3.05) is 25.4 Å². The first-order chi connectivity index (χ1) is 20.0. The number of hydrogen-bond acceptors (Lipinski definition) is 7. The summed E-state index contributed by atoms with van der Waals surface area (Å²) in [6, 6.07) is 9.81. The molecule has 3 heterocycles. The second-order valence-corrected chi connectivity index (χ2v) is 10.5. The number of halogens is 4. The third kappa shape index (κ3) is 6.14. The van der Waals surface area contributed by atoms with Crippen LogP contribution in [0, 0.1) is 0 Å². The number of aldehydes is 1. The Kier molecular flexibility index (Phi) is 8.28. The molecule has 1 aliphatic rings. The molecule has 0 aliphatic carbocycles. The number of rotatable bonds is 8. The Hall–Kier alpha value is -4.29. The lowest BCUT2D eigenvalue weighted by Gasteiger charge is -2.32. The van der Waals surface area contributed by atoms with Gasteiger partial charge in [-0.25, -0.2) is 14.6 Å². The molecule has 9 nitrogen and oxygen atoms in total. The summed E-state index contributed by atoms with van der Waals surface area (Å²) in [6.45, 7) is 5.87. The van der Waals surface area contributed by atoms with E-state index >= 15 is 0 Å². The molecule has 1 amide bonds. The molecule has 1 fully saturated rings. The third-order valence-electron chi connectivity index (χ3n) is 7.16. The van der Waals surface area contributed by atoms with Gasteiger partial charge >= 0.3 is 6.18 Å². The molecule has 2 aromatic heterocycles. The zero-order chi connectivity index (χ0) is 30.0. The van der Waals surface area contributed by atoms with Crippen LogP contribution in [0.1, 0.15) is 40.4 Å². The van der Waals surface area contributed by atoms with Crippen LogP contribution in [0.15, 0.2) is 60.9 Å². The zero-order valence-electron chi connectivity index (χ0n) is 22.4. The molecule has 0 radical (unpaired) electrons. The van der Waals surface area contributed by atoms with Gasteiger partial charge in [-0.15, -0.1) is 0 Å². The van der Waals surface area contributed by atoms with Crippen LogP contribution in [0.5, 0.6) is 0 Å². The number of amides is 1. The van der Waals surface area contributed by atoms with Gasteiger partial charge in [-0.1, -0.05) is 42.4 Å². The number of hydrogen-bond donors (Lipinski definition) is 2. The van der Waals surface area contributed by atoms with Gasteiger partial charge in [0.2, 0.25) is 0 Å². The van der Waals surface area contributed by atoms with Crippen molar-refractivity contribution < 1.29 is 22.8 Å². The van der Waals surface area contributed by atoms with Crippen molar-refractivity contribution in [3.05, 3.63) is 82.7 Å². The molecule has 13 heteroatoms. The van der Waals surface area contributed by atoms with E-state index in [0.717, 1.165) is 49.4 Å². The van der Waals surface area contributed by atoms with Crippen molar-refractivity contribution in [3.8, 4) is 11.3 Å². The number of fused-ring (bicyclic) bond motifs is 1. The molecule has 0 saturated carbocycles. The summed E-state index contributed by atoms with van der Waals surface area (Å²) in [7, 11) is 0. The lowest BCUT2D eigenvalue weighted by Crippen LogP contribution is -2.38. The van der Waals surface area contributed by atoms with Crippen LogP contribution < -0.4 is 11.1 Å². The average Bonchev–Trinajstić information content (AvgIpc) is 3.37. The molecule has 1 atom stereocenters. The second kappa shape index (κ2) is 11.9. The summed E-state index contributed by atoms with van der Waals surface area (Å²) >= 11 is 5.99. The van der Waals surface area contributed by atoms with E-state index in [9.17, 15) is 22.8 Å². The van der Waals surface area contributed by atoms with E-state index < -0.39 is 17.6 Å². The Morgan fingerprint density at radius 1 is 1.19 bits per heavy atom. The quantitative estimate of drug-likeness (QED) is 0.215. The van der Waals surface area contributed by atoms with Crippen LogP contribution in [0.2, 0.25) is 5.02 Å². The first-order valence-corrected chi connectivity index (χ1v) is 13.5. The fraction of sp³-hybridized carbons (Fsp3) is 0.276. The van der Waals surface area contributed by atoms with Gasteiger partial charge in [0.15, 0.2) is 5.65 Å². The van der Waals surface area contributed by atoms with Crippen LogP contribution in [-0.2, 0) is 17.5 Å². The number of carbonyl (C=O) groups is 2. The van der Waals surface area contributed by atoms with Gasteiger partial charge < -0.3 is 11.1 Å². The summed E-state index contributed by atoms with van der Waals surface area (Å²) in [5.41, 5.74) is 8.24. The topological polar surface area (TPSA) is 119 Å². The van der Waals surface area contributed by atoms with Crippen LogP contribution in [-0.4, -0.2) is 56.5 Å². The highest BCUT2D eigenvalue weighted by molar-refractivity contribution is 6.33. The van der Waals surface area contributed by atoms with Crippen molar-refractivity contribution in [2.24, 2.45) is 0 Å². The fourth-order valence-corrected chi connectivity index (χ4v) is 5.29. The van der Waals surface area contributed by atoms with Crippen LogP contribution in [0.4, 0.5) is 19.0 Å². The van der Waals surface area contributed by atoms with Crippen LogP contribution in [0.3, 0.4) is 0 Å². The predicted octanol–water partition coefficient (Wildman–Crippen LogP) is 5.07. The zero-order valence-corrected chi connectivity index (χ0v) is 23.1. The summed E-state index contributed by atoms with van der Waals surface area (Å²) in [5.74, 6) is -0.430. The molecule has 3 N–H and O–H groups in total. The van der Waals surface area contributed by atoms with Crippen LogP contribution in [0.25, 0.3) is 22.3 Å². The third-order valence-corrected chi connectivity index (χ3v) is 7.49. The molecule has 42 heavy (non-hydrogen) atoms. The smallest absolute Gasteiger partial charge is 0.383 e. The van der Waals surface area contributed by atoms with Gasteiger partial charge in [-0.2, -0.15) is 18.3 Å². The van der Waals surface area contributed by atoms with Gasteiger partial charge in [0.1, 0.15) is 24.1 Å². The van der Waals surface area contributed by atoms with E-state index in [-0.39, 0.29) is 29.0 Å². The van der Waals surface area contributed by atoms with E-state index in [1.54, 1.807) is 12.1 Å². The highest BCUT2D eigenvalue weighted by Crippen LogP contribution is 2.34. The average molecular weight is 598 g/mol. The Balaban J connectivity index is 1.36. The number of carbonyl (C=O) groups excluding carboxylic acids is 2. The number of benzene rings is 2. The number of anilines is 1. The lowest BCUT2D eigenvalue weighted by molar-refractivity contribution is -0.137. The highest BCUT2D eigenvalue weighted by atomic mass is 35.5. The summed E-state index contributed by atoms with van der Waals surface area (Å²) in [5, 5.41) is 8.06. The Morgan fingerprint density at radius 3 is 2.67 bits per heavy atom. The van der Waals surface area contributed by atoms with Gasteiger partial charge in [0.05, 0.1) is 27.6 Å². The molecule has 4 aromatic rings. The number of nitrogens with one attached hydrogen (secondary N) is 1. The van der Waals surface area contributed by atoms with E-state index in [0.29, 0.717) is 41.0 Å². The van der Waals surface area contributed by atoms with Gasteiger partial charge in [-0.05, 0) is 48.7 Å². The Bertz CT molecular complexity index is 1650. The Morgan fingerprint density at radius 2 is 1.95 bits per heavy atom. The molecule has 1 saturated heterocycles. The summed E-state index contributed by atoms with van der Waals surface area (Å²) in [6.07, 6.45) is -0.632. The van der Waals surface area contributed by atoms with Gasteiger partial charge in [-0.3, -0.25) is 14.5 Å². The maximum Gasteiger partial charge on any atom is 0.416 e. The molecule has 1 aliphatic heterocycles. The number of nitrogens with zero attached hydrogens (tertiary/aromatic N) is 5. The van der Waals surface area contributed by atoms with Crippen LogP contribution >= 0.6 is 11.6 Å². The minimum Gasteiger partial charge on any atom is -0.383 e. The lowest BCUT2D eigenvalue weighted by atomic mass is 10.1. The minimum absolute atomic E-state index is 0.000843. The first kappa shape index (κ1) is 29.2. The van der Waals surface area contributed by atoms with Gasteiger partial charge in [0.25, 0.3) is 5.91 Å². The first-order valence-electron chi connectivity index (χ1n) is 13.1. The van der Waals surface area contributed by atoms with E-state index in [1.807, 2.05) is 16.8 Å². The van der Waals surface area contributed by atoms with Crippen molar-refractivity contribution in [1.29, 1.82) is 0 Å². The number of alkyl halides is 3. The maximum absolute atomic E-state index is 13.1. The number of aromatic nitrogens is 4. The fourth-order valence-electron chi connectivity index (χ4n) is 5.08. The van der Waals surface area contributed by atoms with Gasteiger partial charge in [0, 0.05) is 25.2 Å². The molecule has 0 bridgehead atoms. The second-order valence-electron chi connectivity index (χ2n) is 10.1. The van der Waals surface area contributed by atoms with E-state index in [4.69, 9.17) is 22.4 Å². The molecule has 0 spiro atoms. The molecule has 1 unspecified atom stereocenters. The molecular weight excluding hydrogens is 571 g/mol. The minimum atomic E-state index is -4.59. The Labute approximate surface area is 244 Å². The predicted molar refractivity (Wildman–Crippen MR) is 153 cm³/mol. The van der Waals surface area contributed by atoms with E-state index in [2.05, 4.69) is 26.8 Å². The van der Waals surface area contributed by atoms with Crippen molar-refractivity contribution in [2.45, 2.75) is 31.6 Å². The van der Waals surface area contributed by atoms with Crippen molar-refractivity contribution in [3.63, 3.8) is 0 Å². The van der Waals surface area contributed by atoms with Crippen molar-refractivity contribution in [1.82, 2.24) is 30.0 Å². The SMILES string of the molecule is C=C(C=O)CN1CCCC(n2nc(-c3ccc(CNC(=O)c4cc(C(F)(F)F)ccc4Cl)cc3)c3c(N)ncnc32)C1. The maximum atomic E-state index is 13.1. The molecule has 2 aromatic carbocycles. The largest absolute Gasteiger partial charge is 0.416 e. The highest BCUT2D eigenvalue weighted by Gasteiger charge is 2.32. The monoisotopic (exact) mass is 597 g/mol.